The number of Topliss-reactive ketones (excluding diaryl/α,β-unsaturated/α-hetero) is 1. The van der Waals surface area contributed by atoms with Gasteiger partial charge in [-0.2, -0.15) is 0 Å². The van der Waals surface area contributed by atoms with Gasteiger partial charge < -0.3 is 4.74 Å². The number of hydrogen-bond acceptors (Lipinski definition) is 5. The second-order valence-corrected chi connectivity index (χ2v) is 6.83. The van der Waals surface area contributed by atoms with Crippen LogP contribution in [0.4, 0.5) is 0 Å². The van der Waals surface area contributed by atoms with Gasteiger partial charge in [0.25, 0.3) is 0 Å². The molecular formula is C21H21N3O2S. The highest BCUT2D eigenvalue weighted by atomic mass is 32.2. The third-order valence-electron chi connectivity index (χ3n) is 3.90. The Labute approximate surface area is 163 Å². The number of aromatic nitrogens is 3. The number of ketones is 1. The molecule has 1 atom stereocenters. The number of rotatable bonds is 9. The second kappa shape index (κ2) is 9.19. The van der Waals surface area contributed by atoms with Crippen molar-refractivity contribution >= 4 is 17.5 Å². The Hall–Kier alpha value is -2.86. The highest BCUT2D eigenvalue weighted by Gasteiger charge is 2.20. The highest BCUT2D eigenvalue weighted by Crippen LogP contribution is 2.25. The summed E-state index contributed by atoms with van der Waals surface area (Å²) < 4.78 is 7.90. The number of hydrogen-bond donors (Lipinski definition) is 0. The molecule has 3 aromatic rings. The first-order chi connectivity index (χ1) is 13.2. The fourth-order valence-corrected chi connectivity index (χ4v) is 3.45. The summed E-state index contributed by atoms with van der Waals surface area (Å²) in [6, 6.07) is 18.8. The van der Waals surface area contributed by atoms with Crippen molar-refractivity contribution in [1.29, 1.82) is 0 Å². The Morgan fingerprint density at radius 3 is 2.48 bits per heavy atom. The van der Waals surface area contributed by atoms with E-state index in [0.29, 0.717) is 28.8 Å². The molecule has 0 saturated carbocycles. The van der Waals surface area contributed by atoms with E-state index >= 15 is 0 Å². The zero-order chi connectivity index (χ0) is 19.1. The predicted octanol–water partition coefficient (Wildman–Crippen LogP) is 4.58. The number of para-hydroxylation sites is 1. The van der Waals surface area contributed by atoms with E-state index in [1.807, 2.05) is 72.2 Å². The molecule has 0 amide bonds. The van der Waals surface area contributed by atoms with E-state index in [9.17, 15) is 4.79 Å². The molecule has 0 saturated heterocycles. The van der Waals surface area contributed by atoms with Crippen molar-refractivity contribution in [1.82, 2.24) is 14.8 Å². The van der Waals surface area contributed by atoms with E-state index < -0.39 is 0 Å². The van der Waals surface area contributed by atoms with Crippen LogP contribution in [0.15, 0.2) is 78.5 Å². The summed E-state index contributed by atoms with van der Waals surface area (Å²) in [5.74, 6) is 1.83. The minimum atomic E-state index is -0.279. The second-order valence-electron chi connectivity index (χ2n) is 5.89. The molecule has 0 aliphatic carbocycles. The number of carbonyl (C=O) groups excluding carboxylic acids is 1. The summed E-state index contributed by atoms with van der Waals surface area (Å²) in [6.07, 6.45) is 1.50. The number of thioether (sulfide) groups is 1. The summed E-state index contributed by atoms with van der Waals surface area (Å²) in [6.45, 7) is 6.29. The van der Waals surface area contributed by atoms with Gasteiger partial charge in [0.15, 0.2) is 22.9 Å². The zero-order valence-corrected chi connectivity index (χ0v) is 15.9. The molecule has 6 heteroatoms. The van der Waals surface area contributed by atoms with Gasteiger partial charge in [0, 0.05) is 12.1 Å². The van der Waals surface area contributed by atoms with E-state index in [4.69, 9.17) is 4.74 Å². The first-order valence-electron chi connectivity index (χ1n) is 8.65. The van der Waals surface area contributed by atoms with E-state index in [-0.39, 0.29) is 11.9 Å². The summed E-state index contributed by atoms with van der Waals surface area (Å²) in [5.41, 5.74) is 0.695. The van der Waals surface area contributed by atoms with Crippen LogP contribution in [-0.2, 0) is 6.54 Å². The summed E-state index contributed by atoms with van der Waals surface area (Å²) >= 11 is 1.37. The standard InChI is InChI=1S/C21H21N3O2S/c1-3-14-24-20(16(2)26-18-12-8-5-9-13-18)22-23-21(24)27-15-19(25)17-10-6-4-7-11-17/h3-13,16H,1,14-15H2,2H3. The maximum atomic E-state index is 12.3. The fourth-order valence-electron chi connectivity index (χ4n) is 2.60. The monoisotopic (exact) mass is 379 g/mol. The molecule has 27 heavy (non-hydrogen) atoms. The van der Waals surface area contributed by atoms with Crippen LogP contribution in [0.1, 0.15) is 29.2 Å². The smallest absolute Gasteiger partial charge is 0.192 e. The van der Waals surface area contributed by atoms with Crippen LogP contribution in [0.2, 0.25) is 0 Å². The third-order valence-corrected chi connectivity index (χ3v) is 4.87. The SMILES string of the molecule is C=CCn1c(SCC(=O)c2ccccc2)nnc1C(C)Oc1ccccc1. The normalized spacial score (nSPS) is 11.7. The van der Waals surface area contributed by atoms with Crippen molar-refractivity contribution in [2.75, 3.05) is 5.75 Å². The summed E-state index contributed by atoms with van der Waals surface area (Å²) in [7, 11) is 0. The molecule has 3 rings (SSSR count). The van der Waals surface area contributed by atoms with Crippen LogP contribution in [0.25, 0.3) is 0 Å². The van der Waals surface area contributed by atoms with E-state index in [2.05, 4.69) is 16.8 Å². The van der Waals surface area contributed by atoms with Gasteiger partial charge in [-0.3, -0.25) is 9.36 Å². The van der Waals surface area contributed by atoms with Gasteiger partial charge in [-0.1, -0.05) is 66.4 Å². The lowest BCUT2D eigenvalue weighted by Gasteiger charge is -2.15. The molecule has 0 radical (unpaired) electrons. The van der Waals surface area contributed by atoms with Gasteiger partial charge in [-0.25, -0.2) is 0 Å². The van der Waals surface area contributed by atoms with Gasteiger partial charge in [0.1, 0.15) is 5.75 Å². The Morgan fingerprint density at radius 2 is 1.81 bits per heavy atom. The van der Waals surface area contributed by atoms with Crippen LogP contribution < -0.4 is 4.74 Å². The number of nitrogens with zero attached hydrogens (tertiary/aromatic N) is 3. The molecule has 5 nitrogen and oxygen atoms in total. The van der Waals surface area contributed by atoms with Gasteiger partial charge >= 0.3 is 0 Å². The van der Waals surface area contributed by atoms with Crippen LogP contribution in [0.5, 0.6) is 5.75 Å². The molecule has 138 valence electrons. The quantitative estimate of drug-likeness (QED) is 0.309. The lowest BCUT2D eigenvalue weighted by molar-refractivity contribution is 0.102. The Kier molecular flexibility index (Phi) is 6.44. The maximum absolute atomic E-state index is 12.3. The lowest BCUT2D eigenvalue weighted by Crippen LogP contribution is -2.12. The molecule has 0 bridgehead atoms. The third kappa shape index (κ3) is 4.86. The predicted molar refractivity (Wildman–Crippen MR) is 107 cm³/mol. The van der Waals surface area contributed by atoms with Gasteiger partial charge in [0.2, 0.25) is 0 Å². The first kappa shape index (κ1) is 18.9. The number of ether oxygens (including phenoxy) is 1. The lowest BCUT2D eigenvalue weighted by atomic mass is 10.2. The van der Waals surface area contributed by atoms with Crippen molar-refractivity contribution in [3.05, 3.63) is 84.7 Å². The average Bonchev–Trinajstić information content (AvgIpc) is 3.10. The van der Waals surface area contributed by atoms with Crippen molar-refractivity contribution in [2.24, 2.45) is 0 Å². The first-order valence-corrected chi connectivity index (χ1v) is 9.64. The average molecular weight is 379 g/mol. The minimum Gasteiger partial charge on any atom is -0.483 e. The molecule has 0 aliphatic rings. The van der Waals surface area contributed by atoms with Crippen LogP contribution >= 0.6 is 11.8 Å². The Balaban J connectivity index is 1.72. The molecule has 0 fully saturated rings. The molecule has 1 unspecified atom stereocenters. The van der Waals surface area contributed by atoms with Gasteiger partial charge in [-0.05, 0) is 19.1 Å². The van der Waals surface area contributed by atoms with Crippen molar-refractivity contribution in [3.8, 4) is 5.75 Å². The Bertz CT molecular complexity index is 894. The fraction of sp³-hybridized carbons (Fsp3) is 0.190. The maximum Gasteiger partial charge on any atom is 0.192 e. The molecule has 0 spiro atoms. The van der Waals surface area contributed by atoms with E-state index in [1.165, 1.54) is 11.8 Å². The minimum absolute atomic E-state index is 0.0592. The van der Waals surface area contributed by atoms with Crippen molar-refractivity contribution < 1.29 is 9.53 Å². The number of carbonyl (C=O) groups is 1. The van der Waals surface area contributed by atoms with Gasteiger partial charge in [-0.15, -0.1) is 16.8 Å². The molecule has 1 heterocycles. The largest absolute Gasteiger partial charge is 0.483 e. The van der Waals surface area contributed by atoms with Crippen LogP contribution in [0, 0.1) is 0 Å². The summed E-state index contributed by atoms with van der Waals surface area (Å²) in [5, 5.41) is 9.23. The van der Waals surface area contributed by atoms with E-state index in [0.717, 1.165) is 5.75 Å². The van der Waals surface area contributed by atoms with Crippen LogP contribution in [0.3, 0.4) is 0 Å². The molecule has 1 aromatic heterocycles. The van der Waals surface area contributed by atoms with Crippen LogP contribution in [-0.4, -0.2) is 26.3 Å². The molecular weight excluding hydrogens is 358 g/mol. The molecule has 0 N–H and O–H groups in total. The summed E-state index contributed by atoms with van der Waals surface area (Å²) in [4.78, 5) is 12.3. The highest BCUT2D eigenvalue weighted by molar-refractivity contribution is 7.99. The van der Waals surface area contributed by atoms with Gasteiger partial charge in [0.05, 0.1) is 5.75 Å². The van der Waals surface area contributed by atoms with E-state index in [1.54, 1.807) is 6.08 Å². The number of benzene rings is 2. The molecule has 2 aromatic carbocycles. The number of allylic oxidation sites excluding steroid dienone is 1. The Morgan fingerprint density at radius 1 is 1.15 bits per heavy atom. The zero-order valence-electron chi connectivity index (χ0n) is 15.1. The van der Waals surface area contributed by atoms with Crippen molar-refractivity contribution in [2.45, 2.75) is 24.7 Å². The molecule has 0 aliphatic heterocycles. The van der Waals surface area contributed by atoms with Crippen molar-refractivity contribution in [3.63, 3.8) is 0 Å². The topological polar surface area (TPSA) is 57.0 Å².